The zero-order valence-electron chi connectivity index (χ0n) is 20.3. The molecule has 2 fully saturated rings. The molecule has 1 aromatic rings. The van der Waals surface area contributed by atoms with Crippen molar-refractivity contribution in [2.45, 2.75) is 65.3 Å². The molecule has 7 heteroatoms. The van der Waals surface area contributed by atoms with E-state index in [0.717, 1.165) is 49.7 Å². The summed E-state index contributed by atoms with van der Waals surface area (Å²) < 4.78 is 5.18. The first-order valence-electron chi connectivity index (χ1n) is 12.5. The van der Waals surface area contributed by atoms with Crippen molar-refractivity contribution in [2.75, 3.05) is 32.8 Å². The van der Waals surface area contributed by atoms with Crippen LogP contribution in [0.2, 0.25) is 0 Å². The molecular weight excluding hydrogens is 418 g/mol. The number of aryl methyl sites for hydroxylation is 1. The van der Waals surface area contributed by atoms with Crippen LogP contribution in [-0.4, -0.2) is 60.5 Å². The molecule has 0 aliphatic carbocycles. The normalized spacial score (nSPS) is 23.2. The van der Waals surface area contributed by atoms with E-state index < -0.39 is 0 Å². The van der Waals surface area contributed by atoms with Gasteiger partial charge in [-0.25, -0.2) is 4.79 Å². The van der Waals surface area contributed by atoms with E-state index in [1.807, 2.05) is 15.9 Å². The van der Waals surface area contributed by atoms with Gasteiger partial charge in [-0.15, -0.1) is 0 Å². The van der Waals surface area contributed by atoms with E-state index in [0.29, 0.717) is 32.8 Å². The topological polar surface area (TPSA) is 79.0 Å². The molecule has 3 atom stereocenters. The van der Waals surface area contributed by atoms with Gasteiger partial charge in [0.25, 0.3) is 0 Å². The molecule has 3 amide bonds. The smallest absolute Gasteiger partial charge is 0.317 e. The zero-order valence-corrected chi connectivity index (χ0v) is 20.3. The predicted octanol–water partition coefficient (Wildman–Crippen LogP) is 4.06. The molecule has 0 unspecified atom stereocenters. The third-order valence-corrected chi connectivity index (χ3v) is 6.78. The quantitative estimate of drug-likeness (QED) is 0.495. The molecule has 182 valence electrons. The van der Waals surface area contributed by atoms with E-state index in [1.54, 1.807) is 6.92 Å². The molecule has 0 bridgehead atoms. The Balaban J connectivity index is 1.72. The van der Waals surface area contributed by atoms with Crippen molar-refractivity contribution in [3.8, 4) is 0 Å². The van der Waals surface area contributed by atoms with Crippen LogP contribution >= 0.6 is 0 Å². The Bertz CT molecular complexity index is 828. The number of unbranched alkanes of at least 4 members (excludes halogenated alkanes) is 1. The van der Waals surface area contributed by atoms with E-state index >= 15 is 0 Å². The average Bonchev–Trinajstić information content (AvgIpc) is 2.83. The number of likely N-dealkylation sites (tertiary alicyclic amines) is 2. The first kappa shape index (κ1) is 25.1. The summed E-state index contributed by atoms with van der Waals surface area (Å²) in [6, 6.07) is 8.15. The summed E-state index contributed by atoms with van der Waals surface area (Å²) in [6.07, 6.45) is 4.98. The van der Waals surface area contributed by atoms with Gasteiger partial charge < -0.3 is 19.9 Å². The number of carbonyl (C=O) groups excluding carboxylic acids is 3. The molecule has 1 N–H and O–H groups in total. The van der Waals surface area contributed by atoms with E-state index in [9.17, 15) is 14.4 Å². The minimum Gasteiger partial charge on any atom is -0.466 e. The van der Waals surface area contributed by atoms with Crippen molar-refractivity contribution >= 4 is 17.9 Å². The standard InChI is InChI=1S/C26H39N3O4/c1-4-6-14-27-26(32)29-18-21(12-13-23(29)20-10-7-9-19(3)16-20)24(30)28-15-8-11-22(17-28)25(31)33-5-2/h7,9-10,16,21-23H,4-6,8,11-15,17-18H2,1-3H3,(H,27,32)/t21-,22+,23+/m1/s1. The lowest BCUT2D eigenvalue weighted by Gasteiger charge is -2.42. The first-order valence-corrected chi connectivity index (χ1v) is 12.5. The van der Waals surface area contributed by atoms with Gasteiger partial charge in [0.1, 0.15) is 0 Å². The monoisotopic (exact) mass is 457 g/mol. The molecule has 7 nitrogen and oxygen atoms in total. The molecule has 33 heavy (non-hydrogen) atoms. The van der Waals surface area contributed by atoms with Gasteiger partial charge >= 0.3 is 12.0 Å². The van der Waals surface area contributed by atoms with E-state index in [1.165, 1.54) is 0 Å². The largest absolute Gasteiger partial charge is 0.466 e. The molecule has 1 aromatic carbocycles. The minimum absolute atomic E-state index is 0.0378. The lowest BCUT2D eigenvalue weighted by molar-refractivity contribution is -0.152. The third kappa shape index (κ3) is 6.49. The van der Waals surface area contributed by atoms with E-state index in [-0.39, 0.29) is 35.8 Å². The first-order chi connectivity index (χ1) is 15.9. The summed E-state index contributed by atoms with van der Waals surface area (Å²) in [5, 5.41) is 3.04. The van der Waals surface area contributed by atoms with Gasteiger partial charge in [0, 0.05) is 26.2 Å². The number of hydrogen-bond acceptors (Lipinski definition) is 4. The summed E-state index contributed by atoms with van der Waals surface area (Å²) in [6.45, 7) is 8.42. The average molecular weight is 458 g/mol. The van der Waals surface area contributed by atoms with Crippen molar-refractivity contribution < 1.29 is 19.1 Å². The van der Waals surface area contributed by atoms with Gasteiger partial charge in [0.05, 0.1) is 24.5 Å². The fraction of sp³-hybridized carbons (Fsp3) is 0.654. The van der Waals surface area contributed by atoms with Crippen LogP contribution in [-0.2, 0) is 14.3 Å². The molecular formula is C26H39N3O4. The molecule has 2 heterocycles. The van der Waals surface area contributed by atoms with Gasteiger partial charge in [0.15, 0.2) is 0 Å². The number of rotatable bonds is 7. The summed E-state index contributed by atoms with van der Waals surface area (Å²) in [5.41, 5.74) is 2.28. The fourth-order valence-corrected chi connectivity index (χ4v) is 4.98. The summed E-state index contributed by atoms with van der Waals surface area (Å²) in [4.78, 5) is 42.4. The molecule has 2 aliphatic rings. The second kappa shape index (κ2) is 12.1. The maximum atomic E-state index is 13.4. The fourth-order valence-electron chi connectivity index (χ4n) is 4.98. The van der Waals surface area contributed by atoms with Crippen molar-refractivity contribution in [1.82, 2.24) is 15.1 Å². The number of nitrogens with zero attached hydrogens (tertiary/aromatic N) is 2. The highest BCUT2D eigenvalue weighted by molar-refractivity contribution is 5.82. The Hall–Kier alpha value is -2.57. The van der Waals surface area contributed by atoms with Crippen molar-refractivity contribution in [3.05, 3.63) is 35.4 Å². The SMILES string of the molecule is CCCCNC(=O)N1C[C@H](C(=O)N2CCC[C@H](C(=O)OCC)C2)CC[C@H]1c1cccc(C)c1. The number of esters is 1. The Morgan fingerprint density at radius 3 is 2.64 bits per heavy atom. The van der Waals surface area contributed by atoms with E-state index in [4.69, 9.17) is 4.74 Å². The number of carbonyl (C=O) groups is 3. The molecule has 2 aliphatic heterocycles. The molecule has 0 radical (unpaired) electrons. The maximum absolute atomic E-state index is 13.4. The van der Waals surface area contributed by atoms with Gasteiger partial charge in [-0.2, -0.15) is 0 Å². The Morgan fingerprint density at radius 2 is 1.91 bits per heavy atom. The van der Waals surface area contributed by atoms with Gasteiger partial charge in [-0.3, -0.25) is 9.59 Å². The highest BCUT2D eigenvalue weighted by atomic mass is 16.5. The number of piperidine rings is 2. The van der Waals surface area contributed by atoms with Crippen LogP contribution in [0.15, 0.2) is 24.3 Å². The van der Waals surface area contributed by atoms with Crippen LogP contribution in [0.25, 0.3) is 0 Å². The number of urea groups is 1. The lowest BCUT2D eigenvalue weighted by atomic mass is 9.87. The Morgan fingerprint density at radius 1 is 1.09 bits per heavy atom. The highest BCUT2D eigenvalue weighted by Crippen LogP contribution is 2.35. The lowest BCUT2D eigenvalue weighted by Crippen LogP contribution is -2.52. The minimum atomic E-state index is -0.250. The van der Waals surface area contributed by atoms with Crippen molar-refractivity contribution in [2.24, 2.45) is 11.8 Å². The second-order valence-corrected chi connectivity index (χ2v) is 9.32. The third-order valence-electron chi connectivity index (χ3n) is 6.78. The summed E-state index contributed by atoms with van der Waals surface area (Å²) >= 11 is 0. The van der Waals surface area contributed by atoms with Gasteiger partial charge in [-0.1, -0.05) is 43.2 Å². The van der Waals surface area contributed by atoms with Crippen LogP contribution in [0, 0.1) is 18.8 Å². The van der Waals surface area contributed by atoms with Crippen LogP contribution in [0.4, 0.5) is 4.79 Å². The van der Waals surface area contributed by atoms with Gasteiger partial charge in [-0.05, 0) is 51.5 Å². The number of nitrogens with one attached hydrogen (secondary N) is 1. The molecule has 3 rings (SSSR count). The number of ether oxygens (including phenoxy) is 1. The molecule has 0 spiro atoms. The van der Waals surface area contributed by atoms with Crippen molar-refractivity contribution in [1.29, 1.82) is 0 Å². The zero-order chi connectivity index (χ0) is 23.8. The molecule has 2 saturated heterocycles. The predicted molar refractivity (Wildman–Crippen MR) is 128 cm³/mol. The summed E-state index contributed by atoms with van der Waals surface area (Å²) in [7, 11) is 0. The van der Waals surface area contributed by atoms with Crippen LogP contribution in [0.5, 0.6) is 0 Å². The molecule has 0 aromatic heterocycles. The van der Waals surface area contributed by atoms with Crippen LogP contribution in [0.3, 0.4) is 0 Å². The maximum Gasteiger partial charge on any atom is 0.317 e. The number of amides is 3. The molecule has 0 saturated carbocycles. The van der Waals surface area contributed by atoms with Crippen LogP contribution < -0.4 is 5.32 Å². The number of benzene rings is 1. The van der Waals surface area contributed by atoms with Crippen LogP contribution in [0.1, 0.15) is 69.5 Å². The number of hydrogen-bond donors (Lipinski definition) is 1. The van der Waals surface area contributed by atoms with Gasteiger partial charge in [0.2, 0.25) is 5.91 Å². The Labute approximate surface area is 197 Å². The Kier molecular flexibility index (Phi) is 9.15. The second-order valence-electron chi connectivity index (χ2n) is 9.32. The summed E-state index contributed by atoms with van der Waals surface area (Å²) in [5.74, 6) is -0.656. The van der Waals surface area contributed by atoms with E-state index in [2.05, 4.69) is 37.4 Å². The highest BCUT2D eigenvalue weighted by Gasteiger charge is 2.39. The van der Waals surface area contributed by atoms with Crippen molar-refractivity contribution in [3.63, 3.8) is 0 Å².